The molecule has 3 rings (SSSR count). The van der Waals surface area contributed by atoms with E-state index in [1.807, 2.05) is 29.2 Å². The SMILES string of the molecule is O=C(NOCc1cccnc1)N1CCCCCC1c1ccncc1. The quantitative estimate of drug-likeness (QED) is 0.876. The van der Waals surface area contributed by atoms with Gasteiger partial charge >= 0.3 is 6.03 Å². The second kappa shape index (κ2) is 8.40. The standard InChI is InChI=1S/C18H22N4O2/c23-18(21-24-14-15-5-4-9-20-13-15)22-12-3-1-2-6-17(22)16-7-10-19-11-8-16/h4-5,7-11,13,17H,1-3,6,12,14H2,(H,21,23). The topological polar surface area (TPSA) is 67.3 Å². The van der Waals surface area contributed by atoms with E-state index in [9.17, 15) is 4.79 Å². The zero-order chi connectivity index (χ0) is 16.6. The van der Waals surface area contributed by atoms with E-state index in [2.05, 4.69) is 15.4 Å². The summed E-state index contributed by atoms with van der Waals surface area (Å²) in [4.78, 5) is 27.9. The van der Waals surface area contributed by atoms with Crippen LogP contribution < -0.4 is 5.48 Å². The van der Waals surface area contributed by atoms with Crippen LogP contribution >= 0.6 is 0 Å². The number of nitrogens with one attached hydrogen (secondary N) is 1. The van der Waals surface area contributed by atoms with Gasteiger partial charge in [0, 0.05) is 31.3 Å². The summed E-state index contributed by atoms with van der Waals surface area (Å²) < 4.78 is 0. The predicted octanol–water partition coefficient (Wildman–Crippen LogP) is 3.24. The molecule has 2 aromatic rings. The number of hydrogen-bond acceptors (Lipinski definition) is 4. The molecule has 1 aliphatic heterocycles. The molecule has 0 radical (unpaired) electrons. The van der Waals surface area contributed by atoms with Gasteiger partial charge in [0.2, 0.25) is 0 Å². The number of aromatic nitrogens is 2. The summed E-state index contributed by atoms with van der Waals surface area (Å²) in [6.45, 7) is 1.03. The minimum atomic E-state index is -0.192. The molecular weight excluding hydrogens is 304 g/mol. The molecule has 2 aromatic heterocycles. The number of hydroxylamine groups is 1. The van der Waals surface area contributed by atoms with E-state index >= 15 is 0 Å². The van der Waals surface area contributed by atoms with Gasteiger partial charge in [-0.2, -0.15) is 0 Å². The number of pyridine rings is 2. The van der Waals surface area contributed by atoms with Crippen LogP contribution in [0.25, 0.3) is 0 Å². The third-order valence-electron chi connectivity index (χ3n) is 4.23. The van der Waals surface area contributed by atoms with Gasteiger partial charge in [0.1, 0.15) is 6.61 Å². The molecule has 0 spiro atoms. The molecule has 1 atom stereocenters. The maximum atomic E-state index is 12.6. The fourth-order valence-corrected chi connectivity index (χ4v) is 3.01. The highest BCUT2D eigenvalue weighted by molar-refractivity contribution is 5.73. The number of rotatable bonds is 4. The number of nitrogens with zero attached hydrogens (tertiary/aromatic N) is 3. The zero-order valence-corrected chi connectivity index (χ0v) is 13.6. The third kappa shape index (κ3) is 4.29. The summed E-state index contributed by atoms with van der Waals surface area (Å²) >= 11 is 0. The lowest BCUT2D eigenvalue weighted by molar-refractivity contribution is 0.0316. The van der Waals surface area contributed by atoms with Gasteiger partial charge in [-0.3, -0.25) is 14.8 Å². The molecule has 1 saturated heterocycles. The second-order valence-corrected chi connectivity index (χ2v) is 5.90. The highest BCUT2D eigenvalue weighted by Crippen LogP contribution is 2.29. The minimum absolute atomic E-state index is 0.0671. The van der Waals surface area contributed by atoms with Gasteiger partial charge in [0.15, 0.2) is 0 Å². The molecule has 3 heterocycles. The Morgan fingerprint density at radius 2 is 2.04 bits per heavy atom. The van der Waals surface area contributed by atoms with Crippen LogP contribution in [0.3, 0.4) is 0 Å². The summed E-state index contributed by atoms with van der Waals surface area (Å²) in [7, 11) is 0. The third-order valence-corrected chi connectivity index (χ3v) is 4.23. The summed E-state index contributed by atoms with van der Waals surface area (Å²) in [5.74, 6) is 0. The Balaban J connectivity index is 1.62. The lowest BCUT2D eigenvalue weighted by Crippen LogP contribution is -2.42. The summed E-state index contributed by atoms with van der Waals surface area (Å²) in [5.41, 5.74) is 4.61. The van der Waals surface area contributed by atoms with Crippen LogP contribution in [0.2, 0.25) is 0 Å². The second-order valence-electron chi connectivity index (χ2n) is 5.90. The van der Waals surface area contributed by atoms with E-state index in [1.165, 1.54) is 0 Å². The van der Waals surface area contributed by atoms with E-state index < -0.39 is 0 Å². The average Bonchev–Trinajstić information content (AvgIpc) is 2.89. The largest absolute Gasteiger partial charge is 0.341 e. The number of carbonyl (C=O) groups is 1. The molecule has 1 aliphatic rings. The highest BCUT2D eigenvalue weighted by Gasteiger charge is 2.26. The van der Waals surface area contributed by atoms with Crippen molar-refractivity contribution in [2.45, 2.75) is 38.3 Å². The number of hydrogen-bond donors (Lipinski definition) is 1. The fraction of sp³-hybridized carbons (Fsp3) is 0.389. The normalized spacial score (nSPS) is 18.0. The molecule has 0 saturated carbocycles. The molecule has 1 fully saturated rings. The van der Waals surface area contributed by atoms with Crippen molar-refractivity contribution in [3.05, 3.63) is 60.2 Å². The molecule has 0 aliphatic carbocycles. The lowest BCUT2D eigenvalue weighted by Gasteiger charge is -2.30. The Morgan fingerprint density at radius 3 is 2.83 bits per heavy atom. The number of amides is 2. The maximum Gasteiger partial charge on any atom is 0.341 e. The van der Waals surface area contributed by atoms with Crippen LogP contribution in [-0.4, -0.2) is 27.4 Å². The van der Waals surface area contributed by atoms with Crippen molar-refractivity contribution in [2.24, 2.45) is 0 Å². The molecule has 6 nitrogen and oxygen atoms in total. The zero-order valence-electron chi connectivity index (χ0n) is 13.6. The lowest BCUT2D eigenvalue weighted by atomic mass is 10.0. The van der Waals surface area contributed by atoms with Gasteiger partial charge in [0.05, 0.1) is 6.04 Å². The van der Waals surface area contributed by atoms with Gasteiger partial charge < -0.3 is 4.90 Å². The van der Waals surface area contributed by atoms with E-state index in [-0.39, 0.29) is 12.1 Å². The monoisotopic (exact) mass is 326 g/mol. The fourth-order valence-electron chi connectivity index (χ4n) is 3.01. The first-order valence-corrected chi connectivity index (χ1v) is 8.32. The molecule has 0 aromatic carbocycles. The van der Waals surface area contributed by atoms with E-state index in [4.69, 9.17) is 4.84 Å². The molecule has 1 N–H and O–H groups in total. The Hall–Kier alpha value is -2.47. The average molecular weight is 326 g/mol. The van der Waals surface area contributed by atoms with Crippen LogP contribution in [0.4, 0.5) is 4.79 Å². The predicted molar refractivity (Wildman–Crippen MR) is 89.7 cm³/mol. The van der Waals surface area contributed by atoms with Crippen LogP contribution in [0, 0.1) is 0 Å². The van der Waals surface area contributed by atoms with Gasteiger partial charge in [-0.05, 0) is 42.2 Å². The highest BCUT2D eigenvalue weighted by atomic mass is 16.7. The van der Waals surface area contributed by atoms with Crippen molar-refractivity contribution in [3.63, 3.8) is 0 Å². The number of urea groups is 1. The van der Waals surface area contributed by atoms with Crippen molar-refractivity contribution in [1.82, 2.24) is 20.3 Å². The van der Waals surface area contributed by atoms with Crippen LogP contribution in [0.1, 0.15) is 42.9 Å². The van der Waals surface area contributed by atoms with Crippen molar-refractivity contribution in [1.29, 1.82) is 0 Å². The van der Waals surface area contributed by atoms with Crippen LogP contribution in [-0.2, 0) is 11.4 Å². The van der Waals surface area contributed by atoms with Gasteiger partial charge in [-0.1, -0.05) is 18.9 Å². The van der Waals surface area contributed by atoms with Gasteiger partial charge in [-0.15, -0.1) is 0 Å². The molecule has 1 unspecified atom stereocenters. The molecule has 2 amide bonds. The summed E-state index contributed by atoms with van der Waals surface area (Å²) in [5, 5.41) is 0. The Labute approximate surface area is 141 Å². The molecule has 6 heteroatoms. The minimum Gasteiger partial charge on any atom is -0.316 e. The van der Waals surface area contributed by atoms with Crippen LogP contribution in [0.5, 0.6) is 0 Å². The summed E-state index contributed by atoms with van der Waals surface area (Å²) in [6, 6.07) is 7.58. The van der Waals surface area contributed by atoms with Crippen molar-refractivity contribution in [2.75, 3.05) is 6.54 Å². The van der Waals surface area contributed by atoms with Gasteiger partial charge in [0.25, 0.3) is 0 Å². The van der Waals surface area contributed by atoms with Crippen molar-refractivity contribution >= 4 is 6.03 Å². The van der Waals surface area contributed by atoms with Gasteiger partial charge in [-0.25, -0.2) is 10.3 Å². The van der Waals surface area contributed by atoms with Crippen LogP contribution in [0.15, 0.2) is 49.1 Å². The van der Waals surface area contributed by atoms with Crippen molar-refractivity contribution < 1.29 is 9.63 Å². The van der Waals surface area contributed by atoms with E-state index in [1.54, 1.807) is 24.8 Å². The Kier molecular flexibility index (Phi) is 5.74. The first kappa shape index (κ1) is 16.4. The molecular formula is C18H22N4O2. The van der Waals surface area contributed by atoms with E-state index in [0.29, 0.717) is 6.61 Å². The first-order chi connectivity index (χ1) is 11.8. The number of likely N-dealkylation sites (tertiary alicyclic amines) is 1. The first-order valence-electron chi connectivity index (χ1n) is 8.32. The van der Waals surface area contributed by atoms with E-state index in [0.717, 1.165) is 43.4 Å². The molecule has 0 bridgehead atoms. The smallest absolute Gasteiger partial charge is 0.316 e. The summed E-state index contributed by atoms with van der Waals surface area (Å²) in [6.07, 6.45) is 11.2. The van der Waals surface area contributed by atoms with Crippen molar-refractivity contribution in [3.8, 4) is 0 Å². The molecule has 24 heavy (non-hydrogen) atoms. The Bertz CT molecular complexity index is 636. The molecule has 126 valence electrons. The number of carbonyl (C=O) groups excluding carboxylic acids is 1. The maximum absolute atomic E-state index is 12.6. The Morgan fingerprint density at radius 1 is 1.17 bits per heavy atom.